The molecule has 1 atom stereocenters. The van der Waals surface area contributed by atoms with E-state index in [1.807, 2.05) is 19.2 Å². The Labute approximate surface area is 155 Å². The molecular formula is C20H20N4OS. The summed E-state index contributed by atoms with van der Waals surface area (Å²) in [6.45, 7) is 6.58. The second-order valence-corrected chi connectivity index (χ2v) is 7.53. The van der Waals surface area contributed by atoms with Gasteiger partial charge in [-0.2, -0.15) is 0 Å². The fourth-order valence-electron chi connectivity index (χ4n) is 3.32. The van der Waals surface area contributed by atoms with Gasteiger partial charge in [-0.05, 0) is 19.4 Å². The van der Waals surface area contributed by atoms with E-state index in [0.29, 0.717) is 11.2 Å². The molecule has 3 aromatic heterocycles. The molecule has 0 saturated heterocycles. The SMILES string of the molecule is C=CCN(C)c1ccnc2sc3c(=O)n(C4C=CC(C)=CC4)cnc3c12. The molecule has 0 saturated carbocycles. The summed E-state index contributed by atoms with van der Waals surface area (Å²) >= 11 is 1.42. The van der Waals surface area contributed by atoms with Crippen LogP contribution in [-0.4, -0.2) is 28.1 Å². The highest BCUT2D eigenvalue weighted by molar-refractivity contribution is 7.25. The molecule has 26 heavy (non-hydrogen) atoms. The van der Waals surface area contributed by atoms with Crippen LogP contribution in [0.15, 0.2) is 59.8 Å². The van der Waals surface area contributed by atoms with Crippen LogP contribution in [0.4, 0.5) is 5.69 Å². The predicted octanol–water partition coefficient (Wildman–Crippen LogP) is 4.08. The molecule has 0 amide bonds. The van der Waals surface area contributed by atoms with Crippen molar-refractivity contribution in [2.24, 2.45) is 0 Å². The molecule has 0 fully saturated rings. The topological polar surface area (TPSA) is 51.0 Å². The van der Waals surface area contributed by atoms with Crippen molar-refractivity contribution in [3.63, 3.8) is 0 Å². The Kier molecular flexibility index (Phi) is 4.20. The first kappa shape index (κ1) is 16.7. The number of rotatable bonds is 4. The second-order valence-electron chi connectivity index (χ2n) is 6.53. The molecule has 1 aliphatic carbocycles. The van der Waals surface area contributed by atoms with Crippen LogP contribution < -0.4 is 10.5 Å². The van der Waals surface area contributed by atoms with Gasteiger partial charge >= 0.3 is 0 Å². The van der Waals surface area contributed by atoms with Gasteiger partial charge in [0, 0.05) is 19.8 Å². The lowest BCUT2D eigenvalue weighted by Crippen LogP contribution is -2.24. The predicted molar refractivity (Wildman–Crippen MR) is 109 cm³/mol. The lowest BCUT2D eigenvalue weighted by atomic mass is 10.0. The Bertz CT molecular complexity index is 1120. The van der Waals surface area contributed by atoms with Crippen molar-refractivity contribution in [1.29, 1.82) is 0 Å². The number of thiophene rings is 1. The van der Waals surface area contributed by atoms with Gasteiger partial charge in [0.15, 0.2) is 0 Å². The van der Waals surface area contributed by atoms with Gasteiger partial charge in [-0.15, -0.1) is 17.9 Å². The van der Waals surface area contributed by atoms with Crippen molar-refractivity contribution >= 4 is 37.5 Å². The monoisotopic (exact) mass is 364 g/mol. The van der Waals surface area contributed by atoms with Crippen LogP contribution in [0, 0.1) is 0 Å². The number of anilines is 1. The summed E-state index contributed by atoms with van der Waals surface area (Å²) < 4.78 is 2.39. The molecule has 5 nitrogen and oxygen atoms in total. The van der Waals surface area contributed by atoms with Gasteiger partial charge in [0.05, 0.1) is 29.0 Å². The Hall–Kier alpha value is -2.73. The van der Waals surface area contributed by atoms with Gasteiger partial charge in [0.1, 0.15) is 9.53 Å². The van der Waals surface area contributed by atoms with Gasteiger partial charge in [-0.1, -0.05) is 29.9 Å². The average molecular weight is 364 g/mol. The maximum Gasteiger partial charge on any atom is 0.271 e. The van der Waals surface area contributed by atoms with Gasteiger partial charge in [0.25, 0.3) is 5.56 Å². The van der Waals surface area contributed by atoms with Crippen LogP contribution in [0.2, 0.25) is 0 Å². The summed E-state index contributed by atoms with van der Waals surface area (Å²) in [5, 5.41) is 0.941. The number of pyridine rings is 1. The maximum atomic E-state index is 13.1. The van der Waals surface area contributed by atoms with Gasteiger partial charge in [-0.25, -0.2) is 9.97 Å². The van der Waals surface area contributed by atoms with Gasteiger partial charge in [0.2, 0.25) is 0 Å². The van der Waals surface area contributed by atoms with E-state index in [4.69, 9.17) is 0 Å². The van der Waals surface area contributed by atoms with Crippen molar-refractivity contribution in [3.05, 3.63) is 65.4 Å². The molecule has 0 radical (unpaired) electrons. The number of allylic oxidation sites excluding steroid dienone is 4. The highest BCUT2D eigenvalue weighted by Gasteiger charge is 2.19. The van der Waals surface area contributed by atoms with E-state index in [9.17, 15) is 4.79 Å². The molecule has 3 heterocycles. The quantitative estimate of drug-likeness (QED) is 0.655. The third kappa shape index (κ3) is 2.66. The summed E-state index contributed by atoms with van der Waals surface area (Å²) in [5.74, 6) is 0. The Morgan fingerprint density at radius 1 is 1.46 bits per heavy atom. The zero-order valence-electron chi connectivity index (χ0n) is 14.8. The first-order valence-corrected chi connectivity index (χ1v) is 9.37. The van der Waals surface area contributed by atoms with Crippen molar-refractivity contribution < 1.29 is 0 Å². The summed E-state index contributed by atoms with van der Waals surface area (Å²) in [7, 11) is 2.00. The minimum Gasteiger partial charge on any atom is -0.370 e. The molecule has 3 aromatic rings. The number of nitrogens with zero attached hydrogens (tertiary/aromatic N) is 4. The zero-order chi connectivity index (χ0) is 18.3. The third-order valence-corrected chi connectivity index (χ3v) is 5.79. The molecule has 1 aliphatic rings. The van der Waals surface area contributed by atoms with E-state index < -0.39 is 0 Å². The first-order chi connectivity index (χ1) is 12.6. The molecule has 4 rings (SSSR count). The van der Waals surface area contributed by atoms with Crippen LogP contribution in [-0.2, 0) is 0 Å². The minimum absolute atomic E-state index is 0.00192. The Morgan fingerprint density at radius 2 is 2.31 bits per heavy atom. The normalized spacial score (nSPS) is 16.8. The third-order valence-electron chi connectivity index (χ3n) is 4.72. The first-order valence-electron chi connectivity index (χ1n) is 8.55. The van der Waals surface area contributed by atoms with E-state index in [1.165, 1.54) is 16.9 Å². The molecule has 0 bridgehead atoms. The van der Waals surface area contributed by atoms with Crippen LogP contribution in [0.25, 0.3) is 20.4 Å². The van der Waals surface area contributed by atoms with Crippen LogP contribution in [0.5, 0.6) is 0 Å². The molecule has 0 aliphatic heterocycles. The zero-order valence-corrected chi connectivity index (χ0v) is 15.7. The summed E-state index contributed by atoms with van der Waals surface area (Å²) in [5.41, 5.74) is 2.97. The minimum atomic E-state index is -0.00192. The second kappa shape index (κ2) is 6.53. The molecule has 6 heteroatoms. The standard InChI is InChI=1S/C20H20N4OS/c1-4-11-23(3)15-9-10-21-19-16(15)17-18(26-19)20(25)24(12-22-17)14-7-5-13(2)6-8-14/h4-7,9-10,12,14H,1,8,11H2,2-3H3. The maximum absolute atomic E-state index is 13.1. The number of aromatic nitrogens is 3. The number of hydrogen-bond acceptors (Lipinski definition) is 5. The van der Waals surface area contributed by atoms with Crippen molar-refractivity contribution in [1.82, 2.24) is 14.5 Å². The fraction of sp³-hybridized carbons (Fsp3) is 0.250. The van der Waals surface area contributed by atoms with Crippen LogP contribution in [0.1, 0.15) is 19.4 Å². The van der Waals surface area contributed by atoms with Gasteiger partial charge < -0.3 is 4.90 Å². The number of fused-ring (bicyclic) bond motifs is 3. The molecule has 132 valence electrons. The molecular weight excluding hydrogens is 344 g/mol. The number of likely N-dealkylation sites (N-methyl/N-ethyl adjacent to an activating group) is 1. The summed E-state index contributed by atoms with van der Waals surface area (Å²) in [6, 6.07) is 1.98. The van der Waals surface area contributed by atoms with E-state index >= 15 is 0 Å². The van der Waals surface area contributed by atoms with Gasteiger partial charge in [-0.3, -0.25) is 9.36 Å². The van der Waals surface area contributed by atoms with E-state index in [1.54, 1.807) is 17.1 Å². The number of hydrogen-bond donors (Lipinski definition) is 0. The van der Waals surface area contributed by atoms with E-state index in [0.717, 1.165) is 27.8 Å². The van der Waals surface area contributed by atoms with Crippen molar-refractivity contribution in [2.45, 2.75) is 19.4 Å². The fourth-order valence-corrected chi connectivity index (χ4v) is 4.37. The highest BCUT2D eigenvalue weighted by Crippen LogP contribution is 2.35. The molecule has 1 unspecified atom stereocenters. The largest absolute Gasteiger partial charge is 0.370 e. The lowest BCUT2D eigenvalue weighted by Gasteiger charge is -2.18. The average Bonchev–Trinajstić information content (AvgIpc) is 3.03. The Balaban J connectivity index is 1.90. The van der Waals surface area contributed by atoms with Crippen LogP contribution >= 0.6 is 11.3 Å². The Morgan fingerprint density at radius 3 is 3.04 bits per heavy atom. The molecule has 0 aromatic carbocycles. The van der Waals surface area contributed by atoms with Crippen LogP contribution in [0.3, 0.4) is 0 Å². The molecule has 0 spiro atoms. The summed E-state index contributed by atoms with van der Waals surface area (Å²) in [4.78, 5) is 25.2. The van der Waals surface area contributed by atoms with E-state index in [-0.39, 0.29) is 11.6 Å². The van der Waals surface area contributed by atoms with Crippen molar-refractivity contribution in [3.8, 4) is 0 Å². The smallest absolute Gasteiger partial charge is 0.271 e. The summed E-state index contributed by atoms with van der Waals surface area (Å²) in [6.07, 6.45) is 12.4. The lowest BCUT2D eigenvalue weighted by molar-refractivity contribution is 0.579. The highest BCUT2D eigenvalue weighted by atomic mass is 32.1. The molecule has 0 N–H and O–H groups in total. The van der Waals surface area contributed by atoms with E-state index in [2.05, 4.69) is 46.6 Å². The van der Waals surface area contributed by atoms with Crippen molar-refractivity contribution in [2.75, 3.05) is 18.5 Å².